The van der Waals surface area contributed by atoms with Crippen LogP contribution in [0, 0.1) is 13.8 Å². The number of anilines is 2. The second-order valence-electron chi connectivity index (χ2n) is 6.55. The highest BCUT2D eigenvalue weighted by molar-refractivity contribution is 5.94. The molecule has 3 aromatic rings. The lowest BCUT2D eigenvalue weighted by Gasteiger charge is -2.18. The SMILES string of the molecule is Cc1ccc(C)c(Nc2cncc(C(=O)N(C)Cc3ccccc3)c2)c1. The van der Waals surface area contributed by atoms with Gasteiger partial charge in [-0.3, -0.25) is 9.78 Å². The minimum absolute atomic E-state index is 0.0500. The van der Waals surface area contributed by atoms with E-state index >= 15 is 0 Å². The highest BCUT2D eigenvalue weighted by Crippen LogP contribution is 2.22. The van der Waals surface area contributed by atoms with Gasteiger partial charge in [0.15, 0.2) is 0 Å². The van der Waals surface area contributed by atoms with Crippen molar-refractivity contribution in [2.24, 2.45) is 0 Å². The third kappa shape index (κ3) is 4.28. The van der Waals surface area contributed by atoms with Crippen molar-refractivity contribution in [3.63, 3.8) is 0 Å². The van der Waals surface area contributed by atoms with Gasteiger partial charge < -0.3 is 10.2 Å². The third-order valence-corrected chi connectivity index (χ3v) is 4.27. The van der Waals surface area contributed by atoms with Crippen molar-refractivity contribution in [3.05, 3.63) is 89.2 Å². The molecule has 3 rings (SSSR count). The molecule has 1 N–H and O–H groups in total. The number of carbonyl (C=O) groups excluding carboxylic acids is 1. The molecule has 4 nitrogen and oxygen atoms in total. The van der Waals surface area contributed by atoms with E-state index in [0.717, 1.165) is 22.5 Å². The van der Waals surface area contributed by atoms with Gasteiger partial charge in [0, 0.05) is 25.5 Å². The monoisotopic (exact) mass is 345 g/mol. The molecule has 0 aliphatic rings. The summed E-state index contributed by atoms with van der Waals surface area (Å²) in [6, 6.07) is 18.0. The van der Waals surface area contributed by atoms with Crippen LogP contribution in [-0.2, 0) is 6.54 Å². The second kappa shape index (κ2) is 7.83. The zero-order valence-corrected chi connectivity index (χ0v) is 15.4. The number of rotatable bonds is 5. The molecule has 0 bridgehead atoms. The van der Waals surface area contributed by atoms with Gasteiger partial charge in [0.2, 0.25) is 0 Å². The molecule has 4 heteroatoms. The van der Waals surface area contributed by atoms with Gasteiger partial charge in [0.1, 0.15) is 0 Å². The zero-order valence-electron chi connectivity index (χ0n) is 15.4. The normalized spacial score (nSPS) is 10.4. The lowest BCUT2D eigenvalue weighted by atomic mass is 10.1. The van der Waals surface area contributed by atoms with Crippen LogP contribution in [0.2, 0.25) is 0 Å². The van der Waals surface area contributed by atoms with E-state index in [2.05, 4.69) is 42.3 Å². The molecule has 0 fully saturated rings. The summed E-state index contributed by atoms with van der Waals surface area (Å²) in [5.74, 6) is -0.0500. The molecule has 0 unspecified atom stereocenters. The Morgan fingerprint density at radius 3 is 2.58 bits per heavy atom. The Bertz CT molecular complexity index is 906. The number of aromatic nitrogens is 1. The van der Waals surface area contributed by atoms with Crippen LogP contribution >= 0.6 is 0 Å². The molecular formula is C22H23N3O. The van der Waals surface area contributed by atoms with Gasteiger partial charge in [-0.2, -0.15) is 0 Å². The third-order valence-electron chi connectivity index (χ3n) is 4.27. The van der Waals surface area contributed by atoms with Gasteiger partial charge in [-0.05, 0) is 42.7 Å². The number of carbonyl (C=O) groups is 1. The molecule has 0 aliphatic heterocycles. The number of nitrogens with one attached hydrogen (secondary N) is 1. The van der Waals surface area contributed by atoms with Crippen LogP contribution in [-0.4, -0.2) is 22.8 Å². The molecule has 0 saturated carbocycles. The molecule has 2 aromatic carbocycles. The summed E-state index contributed by atoms with van der Waals surface area (Å²) < 4.78 is 0. The van der Waals surface area contributed by atoms with Gasteiger partial charge in [-0.1, -0.05) is 42.5 Å². The maximum Gasteiger partial charge on any atom is 0.255 e. The first-order chi connectivity index (χ1) is 12.5. The lowest BCUT2D eigenvalue weighted by molar-refractivity contribution is 0.0784. The van der Waals surface area contributed by atoms with Crippen molar-refractivity contribution in [1.29, 1.82) is 0 Å². The minimum Gasteiger partial charge on any atom is -0.354 e. The fourth-order valence-corrected chi connectivity index (χ4v) is 2.80. The van der Waals surface area contributed by atoms with Gasteiger partial charge in [-0.25, -0.2) is 0 Å². The summed E-state index contributed by atoms with van der Waals surface area (Å²) in [5, 5.41) is 3.36. The van der Waals surface area contributed by atoms with Crippen molar-refractivity contribution in [2.45, 2.75) is 20.4 Å². The van der Waals surface area contributed by atoms with E-state index < -0.39 is 0 Å². The molecule has 0 aliphatic carbocycles. The molecule has 0 radical (unpaired) electrons. The molecule has 0 spiro atoms. The molecule has 1 aromatic heterocycles. The number of pyridine rings is 1. The van der Waals surface area contributed by atoms with Gasteiger partial charge >= 0.3 is 0 Å². The van der Waals surface area contributed by atoms with Crippen LogP contribution in [0.4, 0.5) is 11.4 Å². The fraction of sp³-hybridized carbons (Fsp3) is 0.182. The van der Waals surface area contributed by atoms with Crippen molar-refractivity contribution in [2.75, 3.05) is 12.4 Å². The Labute approximate surface area is 154 Å². The average molecular weight is 345 g/mol. The van der Waals surface area contributed by atoms with Crippen LogP contribution < -0.4 is 5.32 Å². The molecule has 1 amide bonds. The Balaban J connectivity index is 1.76. The largest absolute Gasteiger partial charge is 0.354 e. The first-order valence-corrected chi connectivity index (χ1v) is 8.61. The van der Waals surface area contributed by atoms with Crippen molar-refractivity contribution in [1.82, 2.24) is 9.88 Å². The molecule has 1 heterocycles. The highest BCUT2D eigenvalue weighted by atomic mass is 16.2. The fourth-order valence-electron chi connectivity index (χ4n) is 2.80. The van der Waals surface area contributed by atoms with Gasteiger partial charge in [0.25, 0.3) is 5.91 Å². The average Bonchev–Trinajstić information content (AvgIpc) is 2.65. The van der Waals surface area contributed by atoms with Crippen molar-refractivity contribution in [3.8, 4) is 0 Å². The maximum atomic E-state index is 12.7. The number of amides is 1. The van der Waals surface area contributed by atoms with Crippen LogP contribution in [0.15, 0.2) is 67.0 Å². The van der Waals surface area contributed by atoms with E-state index in [9.17, 15) is 4.79 Å². The van der Waals surface area contributed by atoms with Crippen molar-refractivity contribution >= 4 is 17.3 Å². The summed E-state index contributed by atoms with van der Waals surface area (Å²) in [6.45, 7) is 4.67. The summed E-state index contributed by atoms with van der Waals surface area (Å²) >= 11 is 0. The summed E-state index contributed by atoms with van der Waals surface area (Å²) in [5.41, 5.74) is 5.82. The van der Waals surface area contributed by atoms with E-state index in [1.165, 1.54) is 5.56 Å². The van der Waals surface area contributed by atoms with Crippen molar-refractivity contribution < 1.29 is 4.79 Å². The van der Waals surface area contributed by atoms with Crippen LogP contribution in [0.3, 0.4) is 0 Å². The molecule has 26 heavy (non-hydrogen) atoms. The molecule has 132 valence electrons. The van der Waals surface area contributed by atoms with E-state index in [-0.39, 0.29) is 5.91 Å². The number of benzene rings is 2. The van der Waals surface area contributed by atoms with E-state index in [1.807, 2.05) is 36.4 Å². The number of hydrogen-bond acceptors (Lipinski definition) is 3. The van der Waals surface area contributed by atoms with Crippen LogP contribution in [0.1, 0.15) is 27.0 Å². The Morgan fingerprint density at radius 2 is 1.81 bits per heavy atom. The smallest absolute Gasteiger partial charge is 0.255 e. The number of aryl methyl sites for hydroxylation is 2. The van der Waals surface area contributed by atoms with E-state index in [0.29, 0.717) is 12.1 Å². The maximum absolute atomic E-state index is 12.7. The number of hydrogen-bond donors (Lipinski definition) is 1. The summed E-state index contributed by atoms with van der Waals surface area (Å²) in [7, 11) is 1.81. The first kappa shape index (κ1) is 17.7. The topological polar surface area (TPSA) is 45.2 Å². The van der Waals surface area contributed by atoms with E-state index in [1.54, 1.807) is 24.3 Å². The predicted octanol–water partition coefficient (Wildman–Crippen LogP) is 4.71. The van der Waals surface area contributed by atoms with Gasteiger partial charge in [-0.15, -0.1) is 0 Å². The minimum atomic E-state index is -0.0500. The predicted molar refractivity (Wildman–Crippen MR) is 106 cm³/mol. The van der Waals surface area contributed by atoms with Gasteiger partial charge in [0.05, 0.1) is 17.4 Å². The van der Waals surface area contributed by atoms with Crippen LogP contribution in [0.5, 0.6) is 0 Å². The Kier molecular flexibility index (Phi) is 5.32. The highest BCUT2D eigenvalue weighted by Gasteiger charge is 2.13. The lowest BCUT2D eigenvalue weighted by Crippen LogP contribution is -2.26. The zero-order chi connectivity index (χ0) is 18.5. The summed E-state index contributed by atoms with van der Waals surface area (Å²) in [6.07, 6.45) is 3.34. The second-order valence-corrected chi connectivity index (χ2v) is 6.55. The Hall–Kier alpha value is -3.14. The quantitative estimate of drug-likeness (QED) is 0.728. The molecule has 0 atom stereocenters. The van der Waals surface area contributed by atoms with E-state index in [4.69, 9.17) is 0 Å². The Morgan fingerprint density at radius 1 is 1.04 bits per heavy atom. The van der Waals surface area contributed by atoms with Crippen LogP contribution in [0.25, 0.3) is 0 Å². The first-order valence-electron chi connectivity index (χ1n) is 8.61. The number of nitrogens with zero attached hydrogens (tertiary/aromatic N) is 2. The standard InChI is InChI=1S/C22H23N3O/c1-16-9-10-17(2)21(11-16)24-20-12-19(13-23-14-20)22(26)25(3)15-18-7-5-4-6-8-18/h4-14,24H,15H2,1-3H3. The molecular weight excluding hydrogens is 322 g/mol. The summed E-state index contributed by atoms with van der Waals surface area (Å²) in [4.78, 5) is 18.7. The molecule has 0 saturated heterocycles.